The summed E-state index contributed by atoms with van der Waals surface area (Å²) in [4.78, 5) is 0. The molecule has 0 aromatic carbocycles. The van der Waals surface area contributed by atoms with E-state index in [4.69, 9.17) is 4.74 Å². The van der Waals surface area contributed by atoms with Gasteiger partial charge in [0, 0.05) is 31.6 Å². The van der Waals surface area contributed by atoms with Crippen LogP contribution in [0.4, 0.5) is 0 Å². The predicted octanol–water partition coefficient (Wildman–Crippen LogP) is 1.98. The zero-order chi connectivity index (χ0) is 11.7. The van der Waals surface area contributed by atoms with Crippen LogP contribution in [0.2, 0.25) is 0 Å². The van der Waals surface area contributed by atoms with E-state index in [9.17, 15) is 0 Å². The Morgan fingerprint density at radius 1 is 1.35 bits per heavy atom. The molecule has 1 aliphatic rings. The van der Waals surface area contributed by atoms with E-state index in [2.05, 4.69) is 10.2 Å². The van der Waals surface area contributed by atoms with Gasteiger partial charge in [-0.05, 0) is 25.3 Å². The van der Waals surface area contributed by atoms with E-state index in [1.165, 1.54) is 6.42 Å². The Kier molecular flexibility index (Phi) is 2.68. The standard InChI is InChI=1S/C12H16N4O/c1-15-9-10(8-14-15)11-5-6-13-16(11)12-4-2-3-7-17-12/h5-6,8-9,12H,2-4,7H2,1H3. The van der Waals surface area contributed by atoms with Crippen LogP contribution < -0.4 is 0 Å². The second kappa shape index (κ2) is 4.33. The molecular weight excluding hydrogens is 216 g/mol. The fourth-order valence-corrected chi connectivity index (χ4v) is 2.24. The van der Waals surface area contributed by atoms with Crippen LogP contribution in [0.15, 0.2) is 24.7 Å². The third-order valence-electron chi connectivity index (χ3n) is 3.10. The molecule has 3 rings (SSSR count). The van der Waals surface area contributed by atoms with Gasteiger partial charge in [-0.2, -0.15) is 10.2 Å². The van der Waals surface area contributed by atoms with E-state index in [-0.39, 0.29) is 6.23 Å². The van der Waals surface area contributed by atoms with Gasteiger partial charge in [0.1, 0.15) is 0 Å². The van der Waals surface area contributed by atoms with E-state index in [1.807, 2.05) is 36.4 Å². The maximum absolute atomic E-state index is 5.76. The van der Waals surface area contributed by atoms with Crippen molar-refractivity contribution < 1.29 is 4.74 Å². The second-order valence-corrected chi connectivity index (χ2v) is 4.38. The lowest BCUT2D eigenvalue weighted by molar-refractivity contribution is -0.0383. The van der Waals surface area contributed by atoms with Crippen molar-refractivity contribution in [2.75, 3.05) is 6.61 Å². The summed E-state index contributed by atoms with van der Waals surface area (Å²) < 4.78 is 9.53. The Bertz CT molecular complexity index is 496. The molecular formula is C12H16N4O. The van der Waals surface area contributed by atoms with Crippen molar-refractivity contribution in [3.05, 3.63) is 24.7 Å². The summed E-state index contributed by atoms with van der Waals surface area (Å²) >= 11 is 0. The van der Waals surface area contributed by atoms with Gasteiger partial charge in [0.25, 0.3) is 0 Å². The van der Waals surface area contributed by atoms with Crippen LogP contribution in [0.1, 0.15) is 25.5 Å². The van der Waals surface area contributed by atoms with Gasteiger partial charge in [-0.25, -0.2) is 4.68 Å². The summed E-state index contributed by atoms with van der Waals surface area (Å²) in [5.41, 5.74) is 2.16. The van der Waals surface area contributed by atoms with Crippen LogP contribution in [-0.4, -0.2) is 26.2 Å². The molecule has 5 heteroatoms. The van der Waals surface area contributed by atoms with E-state index in [0.717, 1.165) is 30.7 Å². The van der Waals surface area contributed by atoms with E-state index in [0.29, 0.717) is 0 Å². The molecule has 0 radical (unpaired) electrons. The predicted molar refractivity (Wildman–Crippen MR) is 63.3 cm³/mol. The molecule has 0 bridgehead atoms. The van der Waals surface area contributed by atoms with Crippen LogP contribution in [0.5, 0.6) is 0 Å². The monoisotopic (exact) mass is 232 g/mol. The van der Waals surface area contributed by atoms with Gasteiger partial charge in [-0.1, -0.05) is 0 Å². The summed E-state index contributed by atoms with van der Waals surface area (Å²) in [5.74, 6) is 0. The van der Waals surface area contributed by atoms with Gasteiger partial charge in [-0.3, -0.25) is 4.68 Å². The lowest BCUT2D eigenvalue weighted by Gasteiger charge is -2.24. The van der Waals surface area contributed by atoms with Crippen LogP contribution >= 0.6 is 0 Å². The van der Waals surface area contributed by atoms with Gasteiger partial charge >= 0.3 is 0 Å². The van der Waals surface area contributed by atoms with E-state index < -0.39 is 0 Å². The molecule has 0 aliphatic carbocycles. The average Bonchev–Trinajstić information content (AvgIpc) is 2.98. The van der Waals surface area contributed by atoms with Gasteiger partial charge in [0.05, 0.1) is 11.9 Å². The normalized spacial score (nSPS) is 20.6. The van der Waals surface area contributed by atoms with Crippen molar-refractivity contribution in [1.82, 2.24) is 19.6 Å². The number of rotatable bonds is 2. The van der Waals surface area contributed by atoms with Gasteiger partial charge in [0.2, 0.25) is 0 Å². The third kappa shape index (κ3) is 1.98. The minimum Gasteiger partial charge on any atom is -0.356 e. The first-order valence-corrected chi connectivity index (χ1v) is 5.99. The molecule has 0 saturated carbocycles. The lowest BCUT2D eigenvalue weighted by atomic mass is 10.2. The molecule has 2 aromatic rings. The smallest absolute Gasteiger partial charge is 0.150 e. The maximum Gasteiger partial charge on any atom is 0.150 e. The van der Waals surface area contributed by atoms with Crippen molar-refractivity contribution in [3.8, 4) is 11.3 Å². The Morgan fingerprint density at radius 2 is 2.29 bits per heavy atom. The van der Waals surface area contributed by atoms with Gasteiger partial charge < -0.3 is 4.74 Å². The highest BCUT2D eigenvalue weighted by molar-refractivity contribution is 5.57. The minimum atomic E-state index is 0.0777. The molecule has 90 valence electrons. The lowest BCUT2D eigenvalue weighted by Crippen LogP contribution is -2.19. The van der Waals surface area contributed by atoms with Crippen molar-refractivity contribution in [3.63, 3.8) is 0 Å². The highest BCUT2D eigenvalue weighted by Gasteiger charge is 2.19. The average molecular weight is 232 g/mol. The quantitative estimate of drug-likeness (QED) is 0.795. The number of aromatic nitrogens is 4. The number of aryl methyl sites for hydroxylation is 1. The first kappa shape index (κ1) is 10.5. The van der Waals surface area contributed by atoms with Crippen LogP contribution in [-0.2, 0) is 11.8 Å². The molecule has 5 nitrogen and oxygen atoms in total. The van der Waals surface area contributed by atoms with Gasteiger partial charge in [-0.15, -0.1) is 0 Å². The molecule has 1 saturated heterocycles. The number of hydrogen-bond donors (Lipinski definition) is 0. The Morgan fingerprint density at radius 3 is 3.00 bits per heavy atom. The van der Waals surface area contributed by atoms with Gasteiger partial charge in [0.15, 0.2) is 6.23 Å². The Hall–Kier alpha value is -1.62. The molecule has 0 spiro atoms. The highest BCUT2D eigenvalue weighted by atomic mass is 16.5. The summed E-state index contributed by atoms with van der Waals surface area (Å²) in [7, 11) is 1.92. The first-order valence-electron chi connectivity index (χ1n) is 5.99. The van der Waals surface area contributed by atoms with Crippen molar-refractivity contribution in [2.45, 2.75) is 25.5 Å². The SMILES string of the molecule is Cn1cc(-c2ccnn2C2CCCCO2)cn1. The molecule has 3 heterocycles. The number of nitrogens with zero attached hydrogens (tertiary/aromatic N) is 4. The highest BCUT2D eigenvalue weighted by Crippen LogP contribution is 2.27. The zero-order valence-electron chi connectivity index (χ0n) is 9.91. The third-order valence-corrected chi connectivity index (χ3v) is 3.10. The van der Waals surface area contributed by atoms with Crippen molar-refractivity contribution in [1.29, 1.82) is 0 Å². The number of hydrogen-bond acceptors (Lipinski definition) is 3. The molecule has 1 aliphatic heterocycles. The summed E-state index contributed by atoms with van der Waals surface area (Å²) in [6.07, 6.45) is 9.15. The van der Waals surface area contributed by atoms with Crippen molar-refractivity contribution >= 4 is 0 Å². The fraction of sp³-hybridized carbons (Fsp3) is 0.500. The molecule has 1 atom stereocenters. The molecule has 1 fully saturated rings. The minimum absolute atomic E-state index is 0.0777. The van der Waals surface area contributed by atoms with Crippen LogP contribution in [0, 0.1) is 0 Å². The Labute approximate surface area is 100 Å². The molecule has 1 unspecified atom stereocenters. The molecule has 0 amide bonds. The van der Waals surface area contributed by atoms with E-state index >= 15 is 0 Å². The largest absolute Gasteiger partial charge is 0.356 e. The molecule has 0 N–H and O–H groups in total. The number of ether oxygens (including phenoxy) is 1. The molecule has 2 aromatic heterocycles. The molecule has 17 heavy (non-hydrogen) atoms. The fourth-order valence-electron chi connectivity index (χ4n) is 2.24. The van der Waals surface area contributed by atoms with Crippen molar-refractivity contribution in [2.24, 2.45) is 7.05 Å². The van der Waals surface area contributed by atoms with Crippen LogP contribution in [0.25, 0.3) is 11.3 Å². The van der Waals surface area contributed by atoms with E-state index in [1.54, 1.807) is 4.68 Å². The van der Waals surface area contributed by atoms with Crippen LogP contribution in [0.3, 0.4) is 0 Å². The maximum atomic E-state index is 5.76. The summed E-state index contributed by atoms with van der Waals surface area (Å²) in [6, 6.07) is 2.01. The second-order valence-electron chi connectivity index (χ2n) is 4.38. The first-order chi connectivity index (χ1) is 8.34. The Balaban J connectivity index is 1.93. The zero-order valence-corrected chi connectivity index (χ0v) is 9.91. The summed E-state index contributed by atoms with van der Waals surface area (Å²) in [6.45, 7) is 0.830. The summed E-state index contributed by atoms with van der Waals surface area (Å²) in [5, 5.41) is 8.57. The topological polar surface area (TPSA) is 44.9 Å².